The second-order valence-electron chi connectivity index (χ2n) is 6.61. The fourth-order valence-corrected chi connectivity index (χ4v) is 4.60. The van der Waals surface area contributed by atoms with Crippen molar-refractivity contribution in [3.8, 4) is 0 Å². The van der Waals surface area contributed by atoms with Gasteiger partial charge in [-0.1, -0.05) is 50.6 Å². The van der Waals surface area contributed by atoms with Crippen LogP contribution in [0, 0.1) is 0 Å². The molecule has 0 aliphatic rings. The maximum absolute atomic E-state index is 13.2. The minimum absolute atomic E-state index is 0.331. The molecule has 152 valence electrons. The van der Waals surface area contributed by atoms with Crippen molar-refractivity contribution in [2.45, 2.75) is 46.1 Å². The van der Waals surface area contributed by atoms with Crippen LogP contribution in [0.25, 0.3) is 0 Å². The summed E-state index contributed by atoms with van der Waals surface area (Å²) < 4.78 is 26.2. The molecular weight excluding hydrogens is 396 g/mol. The fraction of sp³-hybridized carbons (Fsp3) is 0.381. The van der Waals surface area contributed by atoms with Crippen molar-refractivity contribution >= 4 is 38.9 Å². The number of carbonyl (C=O) groups excluding carboxylic acids is 1. The lowest BCUT2D eigenvalue weighted by Crippen LogP contribution is -2.47. The van der Waals surface area contributed by atoms with E-state index in [0.717, 1.165) is 35.9 Å². The standard InChI is InChI=1S/C21H27ClN2O3S/c1-5-15-9-8-10-16(6-2)20(15)23-21(25)19(7-3)24(28(4,26)27)18-13-11-17(22)12-14-18/h8-14,19H,5-7H2,1-4H3,(H,23,25)/t19-/m0/s1. The van der Waals surface area contributed by atoms with Gasteiger partial charge in [-0.3, -0.25) is 9.10 Å². The molecule has 0 saturated carbocycles. The Labute approximate surface area is 172 Å². The molecule has 2 aromatic carbocycles. The van der Waals surface area contributed by atoms with Crippen LogP contribution >= 0.6 is 11.6 Å². The molecule has 5 nitrogen and oxygen atoms in total. The summed E-state index contributed by atoms with van der Waals surface area (Å²) in [6, 6.07) is 11.5. The molecule has 1 amide bonds. The number of rotatable bonds is 8. The van der Waals surface area contributed by atoms with Gasteiger partial charge in [-0.25, -0.2) is 8.42 Å². The maximum atomic E-state index is 13.2. The highest BCUT2D eigenvalue weighted by atomic mass is 35.5. The summed E-state index contributed by atoms with van der Waals surface area (Å²) in [6.45, 7) is 5.85. The van der Waals surface area contributed by atoms with Gasteiger partial charge in [0.05, 0.1) is 11.9 Å². The van der Waals surface area contributed by atoms with Crippen LogP contribution in [0.15, 0.2) is 42.5 Å². The highest BCUT2D eigenvalue weighted by molar-refractivity contribution is 7.92. The third kappa shape index (κ3) is 5.06. The molecule has 0 aromatic heterocycles. The first-order valence-electron chi connectivity index (χ1n) is 9.39. The molecule has 1 N–H and O–H groups in total. The van der Waals surface area contributed by atoms with Crippen LogP contribution in [-0.4, -0.2) is 26.6 Å². The molecular formula is C21H27ClN2O3S. The van der Waals surface area contributed by atoms with Gasteiger partial charge in [0.1, 0.15) is 6.04 Å². The van der Waals surface area contributed by atoms with E-state index in [-0.39, 0.29) is 5.91 Å². The summed E-state index contributed by atoms with van der Waals surface area (Å²) in [6.07, 6.45) is 2.98. The van der Waals surface area contributed by atoms with Crippen LogP contribution in [0.4, 0.5) is 11.4 Å². The minimum atomic E-state index is -3.68. The van der Waals surface area contributed by atoms with Gasteiger partial charge in [0.2, 0.25) is 15.9 Å². The van der Waals surface area contributed by atoms with Crippen LogP contribution in [0.2, 0.25) is 5.02 Å². The number of halogens is 1. The Morgan fingerprint density at radius 1 is 1.04 bits per heavy atom. The molecule has 0 unspecified atom stereocenters. The lowest BCUT2D eigenvalue weighted by Gasteiger charge is -2.30. The average molecular weight is 423 g/mol. The summed E-state index contributed by atoms with van der Waals surface area (Å²) in [5.74, 6) is -0.349. The second kappa shape index (κ2) is 9.43. The summed E-state index contributed by atoms with van der Waals surface area (Å²) in [4.78, 5) is 13.2. The number of sulfonamides is 1. The number of nitrogens with one attached hydrogen (secondary N) is 1. The number of benzene rings is 2. The number of hydrogen-bond acceptors (Lipinski definition) is 3. The molecule has 2 rings (SSSR count). The Balaban J connectivity index is 2.44. The Morgan fingerprint density at radius 2 is 1.57 bits per heavy atom. The van der Waals surface area contributed by atoms with Crippen LogP contribution < -0.4 is 9.62 Å². The Hall–Kier alpha value is -2.05. The first kappa shape index (κ1) is 22.2. The molecule has 0 aliphatic carbocycles. The predicted molar refractivity (Wildman–Crippen MR) is 117 cm³/mol. The molecule has 0 bridgehead atoms. The Bertz CT molecular complexity index is 905. The summed E-state index contributed by atoms with van der Waals surface area (Å²) in [5, 5.41) is 3.49. The van der Waals surface area contributed by atoms with Crippen LogP contribution in [0.3, 0.4) is 0 Å². The minimum Gasteiger partial charge on any atom is -0.324 e. The molecule has 0 spiro atoms. The molecule has 1 atom stereocenters. The third-order valence-corrected chi connectivity index (χ3v) is 6.09. The number of anilines is 2. The highest BCUT2D eigenvalue weighted by Crippen LogP contribution is 2.27. The lowest BCUT2D eigenvalue weighted by molar-refractivity contribution is -0.117. The van der Waals surface area contributed by atoms with Gasteiger partial charge in [-0.2, -0.15) is 0 Å². The normalized spacial score (nSPS) is 12.5. The maximum Gasteiger partial charge on any atom is 0.248 e. The number of carbonyl (C=O) groups is 1. The zero-order valence-electron chi connectivity index (χ0n) is 16.7. The van der Waals surface area contributed by atoms with Crippen LogP contribution in [-0.2, 0) is 27.7 Å². The molecule has 0 saturated heterocycles. The summed E-state index contributed by atoms with van der Waals surface area (Å²) in [7, 11) is -3.68. The number of para-hydroxylation sites is 1. The second-order valence-corrected chi connectivity index (χ2v) is 8.90. The highest BCUT2D eigenvalue weighted by Gasteiger charge is 2.32. The van der Waals surface area contributed by atoms with Crippen molar-refractivity contribution in [2.75, 3.05) is 15.9 Å². The van der Waals surface area contributed by atoms with Gasteiger partial charge in [-0.15, -0.1) is 0 Å². The fourth-order valence-electron chi connectivity index (χ4n) is 3.26. The van der Waals surface area contributed by atoms with Crippen LogP contribution in [0.5, 0.6) is 0 Å². The Kier molecular flexibility index (Phi) is 7.49. The van der Waals surface area contributed by atoms with E-state index >= 15 is 0 Å². The van der Waals surface area contributed by atoms with E-state index in [1.807, 2.05) is 32.0 Å². The number of amides is 1. The quantitative estimate of drug-likeness (QED) is 0.673. The largest absolute Gasteiger partial charge is 0.324 e. The van der Waals surface area contributed by atoms with Gasteiger partial charge in [0.25, 0.3) is 0 Å². The zero-order valence-corrected chi connectivity index (χ0v) is 18.3. The molecule has 28 heavy (non-hydrogen) atoms. The third-order valence-electron chi connectivity index (χ3n) is 4.66. The monoisotopic (exact) mass is 422 g/mol. The van der Waals surface area contributed by atoms with E-state index in [2.05, 4.69) is 5.32 Å². The van der Waals surface area contributed by atoms with E-state index < -0.39 is 16.1 Å². The first-order chi connectivity index (χ1) is 13.2. The van der Waals surface area contributed by atoms with Crippen molar-refractivity contribution in [3.05, 3.63) is 58.6 Å². The molecule has 0 fully saturated rings. The van der Waals surface area contributed by atoms with Gasteiger partial charge >= 0.3 is 0 Å². The SMILES string of the molecule is CCc1cccc(CC)c1NC(=O)[C@H](CC)N(c1ccc(Cl)cc1)S(C)(=O)=O. The van der Waals surface area contributed by atoms with Gasteiger partial charge in [0, 0.05) is 10.7 Å². The topological polar surface area (TPSA) is 66.5 Å². The van der Waals surface area contributed by atoms with Crippen molar-refractivity contribution in [2.24, 2.45) is 0 Å². The summed E-state index contributed by atoms with van der Waals surface area (Å²) in [5.41, 5.74) is 3.24. The van der Waals surface area contributed by atoms with E-state index in [0.29, 0.717) is 17.1 Å². The van der Waals surface area contributed by atoms with Crippen molar-refractivity contribution in [3.63, 3.8) is 0 Å². The molecule has 7 heteroatoms. The van der Waals surface area contributed by atoms with E-state index in [1.165, 1.54) is 4.31 Å². The molecule has 2 aromatic rings. The predicted octanol–water partition coefficient (Wildman–Crippen LogP) is 4.65. The average Bonchev–Trinajstić information content (AvgIpc) is 2.66. The van der Waals surface area contributed by atoms with Crippen LogP contribution in [0.1, 0.15) is 38.3 Å². The smallest absolute Gasteiger partial charge is 0.248 e. The summed E-state index contributed by atoms with van der Waals surface area (Å²) >= 11 is 5.93. The van der Waals surface area contributed by atoms with E-state index in [1.54, 1.807) is 31.2 Å². The van der Waals surface area contributed by atoms with E-state index in [4.69, 9.17) is 11.6 Å². The first-order valence-corrected chi connectivity index (χ1v) is 11.6. The number of nitrogens with zero attached hydrogens (tertiary/aromatic N) is 1. The van der Waals surface area contributed by atoms with Crippen molar-refractivity contribution < 1.29 is 13.2 Å². The number of hydrogen-bond donors (Lipinski definition) is 1. The van der Waals surface area contributed by atoms with Crippen molar-refractivity contribution in [1.29, 1.82) is 0 Å². The van der Waals surface area contributed by atoms with Gasteiger partial charge in [0.15, 0.2) is 0 Å². The lowest BCUT2D eigenvalue weighted by atomic mass is 10.0. The van der Waals surface area contributed by atoms with Crippen molar-refractivity contribution in [1.82, 2.24) is 0 Å². The number of aryl methyl sites for hydroxylation is 2. The zero-order chi connectivity index (χ0) is 20.9. The molecule has 0 radical (unpaired) electrons. The molecule has 0 aliphatic heterocycles. The van der Waals surface area contributed by atoms with E-state index in [9.17, 15) is 13.2 Å². The van der Waals surface area contributed by atoms with Gasteiger partial charge < -0.3 is 5.32 Å². The van der Waals surface area contributed by atoms with Gasteiger partial charge in [-0.05, 0) is 54.7 Å². The Morgan fingerprint density at radius 3 is 2.00 bits per heavy atom. The molecule has 0 heterocycles.